The Morgan fingerprint density at radius 2 is 2.12 bits per heavy atom. The van der Waals surface area contributed by atoms with Crippen LogP contribution in [0, 0.1) is 6.92 Å². The molecule has 0 bridgehead atoms. The maximum atomic E-state index is 5.42. The van der Waals surface area contributed by atoms with Crippen LogP contribution in [0.5, 0.6) is 5.75 Å². The van der Waals surface area contributed by atoms with Gasteiger partial charge in [0.25, 0.3) is 0 Å². The van der Waals surface area contributed by atoms with Crippen LogP contribution >= 0.6 is 15.9 Å². The van der Waals surface area contributed by atoms with Gasteiger partial charge in [0.1, 0.15) is 5.75 Å². The second kappa shape index (κ2) is 4.70. The lowest BCUT2D eigenvalue weighted by Gasteiger charge is -2.08. The number of benzene rings is 1. The SMILES string of the molecule is CNC(C)c1[nH]c2c(OC)cc(C)cc2c1Br. The molecule has 1 unspecified atom stereocenters. The van der Waals surface area contributed by atoms with E-state index in [4.69, 9.17) is 4.74 Å². The van der Waals surface area contributed by atoms with E-state index in [0.29, 0.717) is 0 Å². The van der Waals surface area contributed by atoms with Crippen molar-refractivity contribution in [3.63, 3.8) is 0 Å². The van der Waals surface area contributed by atoms with E-state index in [2.05, 4.69) is 46.1 Å². The number of hydrogen-bond donors (Lipinski definition) is 2. The first-order valence-corrected chi connectivity index (χ1v) is 6.40. The normalized spacial score (nSPS) is 13.0. The fourth-order valence-corrected chi connectivity index (χ4v) is 2.75. The Kier molecular flexibility index (Phi) is 3.45. The monoisotopic (exact) mass is 296 g/mol. The van der Waals surface area contributed by atoms with Crippen LogP contribution in [-0.2, 0) is 0 Å². The van der Waals surface area contributed by atoms with Crippen LogP contribution in [0.1, 0.15) is 24.2 Å². The average Bonchev–Trinajstić information content (AvgIpc) is 2.65. The van der Waals surface area contributed by atoms with E-state index in [9.17, 15) is 0 Å². The molecule has 0 aliphatic heterocycles. The highest BCUT2D eigenvalue weighted by atomic mass is 79.9. The molecule has 0 aliphatic rings. The molecule has 1 aromatic heterocycles. The summed E-state index contributed by atoms with van der Waals surface area (Å²) in [6.07, 6.45) is 0. The van der Waals surface area contributed by atoms with Crippen LogP contribution in [0.25, 0.3) is 10.9 Å². The Labute approximate surface area is 110 Å². The van der Waals surface area contributed by atoms with Crippen molar-refractivity contribution in [2.45, 2.75) is 19.9 Å². The zero-order valence-corrected chi connectivity index (χ0v) is 12.1. The lowest BCUT2D eigenvalue weighted by atomic mass is 10.1. The summed E-state index contributed by atoms with van der Waals surface area (Å²) in [7, 11) is 3.65. The predicted octanol–water partition coefficient (Wildman–Crippen LogP) is 3.53. The first-order chi connectivity index (χ1) is 8.08. The lowest BCUT2D eigenvalue weighted by molar-refractivity contribution is 0.418. The number of hydrogen-bond acceptors (Lipinski definition) is 2. The predicted molar refractivity (Wildman–Crippen MR) is 74.8 cm³/mol. The highest BCUT2D eigenvalue weighted by Gasteiger charge is 2.16. The van der Waals surface area contributed by atoms with Crippen molar-refractivity contribution in [1.29, 1.82) is 0 Å². The second-order valence-corrected chi connectivity index (χ2v) is 5.05. The number of halogens is 1. The van der Waals surface area contributed by atoms with Gasteiger partial charge in [-0.1, -0.05) is 0 Å². The maximum absolute atomic E-state index is 5.42. The largest absolute Gasteiger partial charge is 0.495 e. The van der Waals surface area contributed by atoms with Gasteiger partial charge in [-0.25, -0.2) is 0 Å². The molecular formula is C13H17BrN2O. The lowest BCUT2D eigenvalue weighted by Crippen LogP contribution is -2.12. The molecule has 2 rings (SSSR count). The molecule has 2 N–H and O–H groups in total. The third-order valence-corrected chi connectivity index (χ3v) is 3.92. The van der Waals surface area contributed by atoms with E-state index in [1.165, 1.54) is 10.9 Å². The molecular weight excluding hydrogens is 280 g/mol. The van der Waals surface area contributed by atoms with Crippen molar-refractivity contribution in [2.75, 3.05) is 14.2 Å². The zero-order chi connectivity index (χ0) is 12.6. The van der Waals surface area contributed by atoms with Crippen molar-refractivity contribution in [1.82, 2.24) is 10.3 Å². The van der Waals surface area contributed by atoms with E-state index in [1.54, 1.807) is 7.11 Å². The number of ether oxygens (including phenoxy) is 1. The van der Waals surface area contributed by atoms with Crippen LogP contribution < -0.4 is 10.1 Å². The molecule has 2 aromatic rings. The molecule has 0 amide bonds. The quantitative estimate of drug-likeness (QED) is 0.909. The Morgan fingerprint density at radius 1 is 1.41 bits per heavy atom. The zero-order valence-electron chi connectivity index (χ0n) is 10.5. The number of fused-ring (bicyclic) bond motifs is 1. The van der Waals surface area contributed by atoms with E-state index < -0.39 is 0 Å². The standard InChI is InChI=1S/C13H17BrN2O/c1-7-5-9-11(14)12(8(2)15-3)16-13(9)10(6-7)17-4/h5-6,8,15-16H,1-4H3. The van der Waals surface area contributed by atoms with Crippen LogP contribution in [0.15, 0.2) is 16.6 Å². The molecule has 1 atom stereocenters. The van der Waals surface area contributed by atoms with Crippen LogP contribution in [0.2, 0.25) is 0 Å². The van der Waals surface area contributed by atoms with Gasteiger partial charge >= 0.3 is 0 Å². The van der Waals surface area contributed by atoms with Crippen LogP contribution in [0.3, 0.4) is 0 Å². The van der Waals surface area contributed by atoms with Crippen molar-refractivity contribution >= 4 is 26.8 Å². The van der Waals surface area contributed by atoms with Gasteiger partial charge in [0, 0.05) is 21.6 Å². The highest BCUT2D eigenvalue weighted by Crippen LogP contribution is 2.36. The molecule has 4 heteroatoms. The summed E-state index contributed by atoms with van der Waals surface area (Å²) in [5.41, 5.74) is 3.38. The summed E-state index contributed by atoms with van der Waals surface area (Å²) in [6.45, 7) is 4.19. The van der Waals surface area contributed by atoms with Crippen molar-refractivity contribution in [2.24, 2.45) is 0 Å². The van der Waals surface area contributed by atoms with Gasteiger partial charge < -0.3 is 15.0 Å². The van der Waals surface area contributed by atoms with Crippen molar-refractivity contribution < 1.29 is 4.74 Å². The third-order valence-electron chi connectivity index (χ3n) is 3.07. The first-order valence-electron chi connectivity index (χ1n) is 5.61. The molecule has 1 heterocycles. The third kappa shape index (κ3) is 2.07. The van der Waals surface area contributed by atoms with Crippen molar-refractivity contribution in [3.05, 3.63) is 27.9 Å². The summed E-state index contributed by atoms with van der Waals surface area (Å²) < 4.78 is 6.53. The van der Waals surface area contributed by atoms with Crippen LogP contribution in [-0.4, -0.2) is 19.1 Å². The Morgan fingerprint density at radius 3 is 2.71 bits per heavy atom. The first kappa shape index (κ1) is 12.5. The van der Waals surface area contributed by atoms with E-state index in [1.807, 2.05) is 13.1 Å². The fourth-order valence-electron chi connectivity index (χ4n) is 1.99. The number of aromatic amines is 1. The van der Waals surface area contributed by atoms with Gasteiger partial charge in [-0.3, -0.25) is 0 Å². The van der Waals surface area contributed by atoms with Gasteiger partial charge in [-0.05, 0) is 54.5 Å². The van der Waals surface area contributed by atoms with Gasteiger partial charge in [-0.2, -0.15) is 0 Å². The van der Waals surface area contributed by atoms with Gasteiger partial charge in [0.15, 0.2) is 0 Å². The summed E-state index contributed by atoms with van der Waals surface area (Å²) in [4.78, 5) is 3.43. The fraction of sp³-hybridized carbons (Fsp3) is 0.385. The van der Waals surface area contributed by atoms with Crippen LogP contribution in [0.4, 0.5) is 0 Å². The molecule has 0 saturated heterocycles. The summed E-state index contributed by atoms with van der Waals surface area (Å²) in [6, 6.07) is 4.46. The Hall–Kier alpha value is -1.00. The minimum Gasteiger partial charge on any atom is -0.495 e. The topological polar surface area (TPSA) is 37.0 Å². The van der Waals surface area contributed by atoms with Gasteiger partial charge in [0.2, 0.25) is 0 Å². The molecule has 0 fully saturated rings. The smallest absolute Gasteiger partial charge is 0.143 e. The Balaban J connectivity index is 2.72. The highest BCUT2D eigenvalue weighted by molar-refractivity contribution is 9.10. The average molecular weight is 297 g/mol. The molecule has 1 aromatic carbocycles. The minimum absolute atomic E-state index is 0.266. The van der Waals surface area contributed by atoms with Crippen molar-refractivity contribution in [3.8, 4) is 5.75 Å². The number of aromatic nitrogens is 1. The molecule has 3 nitrogen and oxygen atoms in total. The molecule has 92 valence electrons. The molecule has 0 aliphatic carbocycles. The molecule has 0 radical (unpaired) electrons. The number of rotatable bonds is 3. The summed E-state index contributed by atoms with van der Waals surface area (Å²) >= 11 is 3.66. The number of H-pyrrole nitrogens is 1. The van der Waals surface area contributed by atoms with E-state index in [0.717, 1.165) is 21.4 Å². The Bertz CT molecular complexity index is 548. The van der Waals surface area contributed by atoms with Gasteiger partial charge in [-0.15, -0.1) is 0 Å². The summed E-state index contributed by atoms with van der Waals surface area (Å²) in [5, 5.41) is 4.40. The van der Waals surface area contributed by atoms with E-state index in [-0.39, 0.29) is 6.04 Å². The van der Waals surface area contributed by atoms with Gasteiger partial charge in [0.05, 0.1) is 12.6 Å². The number of aryl methyl sites for hydroxylation is 1. The number of nitrogens with one attached hydrogen (secondary N) is 2. The molecule has 0 saturated carbocycles. The second-order valence-electron chi connectivity index (χ2n) is 4.25. The molecule has 0 spiro atoms. The maximum Gasteiger partial charge on any atom is 0.143 e. The number of methoxy groups -OCH3 is 1. The minimum atomic E-state index is 0.266. The summed E-state index contributed by atoms with van der Waals surface area (Å²) in [5.74, 6) is 0.884. The molecule has 17 heavy (non-hydrogen) atoms. The van der Waals surface area contributed by atoms with E-state index >= 15 is 0 Å².